The van der Waals surface area contributed by atoms with Crippen molar-refractivity contribution in [3.63, 3.8) is 0 Å². The molecule has 1 aromatic rings. The molecule has 1 saturated heterocycles. The highest BCUT2D eigenvalue weighted by Crippen LogP contribution is 2.28. The zero-order valence-corrected chi connectivity index (χ0v) is 14.9. The third-order valence-corrected chi connectivity index (χ3v) is 6.38. The van der Waals surface area contributed by atoms with E-state index >= 15 is 0 Å². The highest BCUT2D eigenvalue weighted by molar-refractivity contribution is 7.89. The SMILES string of the molecule is CCOC(=O)c1[nH]c(C)c(S(=O)(=O)N2CCCC(NC)C2)c1C. The summed E-state index contributed by atoms with van der Waals surface area (Å²) in [6, 6.07) is 0.155. The third-order valence-electron chi connectivity index (χ3n) is 4.24. The fourth-order valence-corrected chi connectivity index (χ4v) is 4.98. The van der Waals surface area contributed by atoms with Crippen molar-refractivity contribution in [1.82, 2.24) is 14.6 Å². The van der Waals surface area contributed by atoms with Crippen molar-refractivity contribution in [2.45, 2.75) is 44.6 Å². The van der Waals surface area contributed by atoms with E-state index in [1.165, 1.54) is 4.31 Å². The van der Waals surface area contributed by atoms with Gasteiger partial charge in [-0.25, -0.2) is 13.2 Å². The summed E-state index contributed by atoms with van der Waals surface area (Å²) < 4.78 is 32.5. The maximum absolute atomic E-state index is 13.0. The Morgan fingerprint density at radius 1 is 1.43 bits per heavy atom. The van der Waals surface area contributed by atoms with Crippen LogP contribution < -0.4 is 5.32 Å². The van der Waals surface area contributed by atoms with Crippen LogP contribution in [-0.2, 0) is 14.8 Å². The second kappa shape index (κ2) is 7.02. The Bertz CT molecular complexity index is 681. The topological polar surface area (TPSA) is 91.5 Å². The molecule has 1 atom stereocenters. The van der Waals surface area contributed by atoms with Crippen molar-refractivity contribution >= 4 is 16.0 Å². The maximum atomic E-state index is 13.0. The second-order valence-corrected chi connectivity index (χ2v) is 7.67. The number of aromatic nitrogens is 1. The summed E-state index contributed by atoms with van der Waals surface area (Å²) in [5.74, 6) is -0.527. The Morgan fingerprint density at radius 2 is 2.13 bits per heavy atom. The van der Waals surface area contributed by atoms with Crippen molar-refractivity contribution in [2.24, 2.45) is 0 Å². The van der Waals surface area contributed by atoms with Gasteiger partial charge in [0.05, 0.1) is 6.61 Å². The molecule has 0 bridgehead atoms. The molecule has 0 aliphatic carbocycles. The van der Waals surface area contributed by atoms with E-state index in [1.54, 1.807) is 20.8 Å². The number of sulfonamides is 1. The first kappa shape index (κ1) is 18.0. The lowest BCUT2D eigenvalue weighted by molar-refractivity contribution is 0.0519. The molecule has 2 N–H and O–H groups in total. The molecule has 130 valence electrons. The van der Waals surface area contributed by atoms with E-state index in [2.05, 4.69) is 10.3 Å². The molecule has 1 fully saturated rings. The number of carbonyl (C=O) groups is 1. The van der Waals surface area contributed by atoms with Crippen LogP contribution in [0.3, 0.4) is 0 Å². The van der Waals surface area contributed by atoms with E-state index in [-0.39, 0.29) is 23.2 Å². The predicted octanol–water partition coefficient (Wildman–Crippen LogP) is 1.18. The van der Waals surface area contributed by atoms with Crippen molar-refractivity contribution in [3.05, 3.63) is 17.0 Å². The highest BCUT2D eigenvalue weighted by atomic mass is 32.2. The van der Waals surface area contributed by atoms with Gasteiger partial charge >= 0.3 is 5.97 Å². The molecule has 0 aromatic carbocycles. The van der Waals surface area contributed by atoms with Gasteiger partial charge in [-0.3, -0.25) is 0 Å². The largest absolute Gasteiger partial charge is 0.461 e. The Morgan fingerprint density at radius 3 is 2.74 bits per heavy atom. The summed E-state index contributed by atoms with van der Waals surface area (Å²) in [5, 5.41) is 3.14. The number of nitrogens with zero attached hydrogens (tertiary/aromatic N) is 1. The minimum atomic E-state index is -3.64. The van der Waals surface area contributed by atoms with Crippen molar-refractivity contribution in [1.29, 1.82) is 0 Å². The van der Waals surface area contributed by atoms with E-state index < -0.39 is 16.0 Å². The molecule has 8 heteroatoms. The van der Waals surface area contributed by atoms with E-state index in [0.717, 1.165) is 12.8 Å². The Hall–Kier alpha value is -1.38. The molecule has 2 heterocycles. The van der Waals surface area contributed by atoms with Gasteiger partial charge < -0.3 is 15.0 Å². The van der Waals surface area contributed by atoms with Crippen LogP contribution in [0.2, 0.25) is 0 Å². The summed E-state index contributed by atoms with van der Waals surface area (Å²) >= 11 is 0. The minimum Gasteiger partial charge on any atom is -0.461 e. The number of aromatic amines is 1. The standard InChI is InChI=1S/C15H25N3O4S/c1-5-22-15(19)13-10(2)14(11(3)17-13)23(20,21)18-8-6-7-12(9-18)16-4/h12,16-17H,5-9H2,1-4H3. The van der Waals surface area contributed by atoms with E-state index in [9.17, 15) is 13.2 Å². The Labute approximate surface area is 137 Å². The molecule has 1 unspecified atom stereocenters. The summed E-state index contributed by atoms with van der Waals surface area (Å²) in [4.78, 5) is 15.0. The van der Waals surface area contributed by atoms with Gasteiger partial charge in [0.25, 0.3) is 0 Å². The molecule has 0 radical (unpaired) electrons. The van der Waals surface area contributed by atoms with Gasteiger partial charge in [-0.05, 0) is 40.7 Å². The molecular weight excluding hydrogens is 318 g/mol. The summed E-state index contributed by atoms with van der Waals surface area (Å²) in [6.07, 6.45) is 1.78. The number of esters is 1. The molecule has 23 heavy (non-hydrogen) atoms. The molecular formula is C15H25N3O4S. The van der Waals surface area contributed by atoms with E-state index in [1.807, 2.05) is 7.05 Å². The number of aryl methyl sites for hydroxylation is 1. The van der Waals surface area contributed by atoms with Crippen molar-refractivity contribution in [2.75, 3.05) is 26.7 Å². The van der Waals surface area contributed by atoms with E-state index in [0.29, 0.717) is 24.3 Å². The van der Waals surface area contributed by atoms with Crippen LogP contribution in [-0.4, -0.2) is 56.5 Å². The molecule has 0 saturated carbocycles. The van der Waals surface area contributed by atoms with Crippen LogP contribution in [0.5, 0.6) is 0 Å². The number of piperidine rings is 1. The maximum Gasteiger partial charge on any atom is 0.355 e. The Kier molecular flexibility index (Phi) is 5.49. The van der Waals surface area contributed by atoms with E-state index in [4.69, 9.17) is 4.74 Å². The lowest BCUT2D eigenvalue weighted by Gasteiger charge is -2.31. The molecule has 0 amide bonds. The summed E-state index contributed by atoms with van der Waals surface area (Å²) in [6.45, 7) is 6.21. The number of ether oxygens (including phenoxy) is 1. The van der Waals surface area contributed by atoms with Gasteiger partial charge in [0.2, 0.25) is 10.0 Å². The average Bonchev–Trinajstić information content (AvgIpc) is 2.83. The number of H-pyrrole nitrogens is 1. The number of hydrogen-bond acceptors (Lipinski definition) is 5. The Balaban J connectivity index is 2.38. The average molecular weight is 343 g/mol. The predicted molar refractivity (Wildman–Crippen MR) is 87.1 cm³/mol. The second-order valence-electron chi connectivity index (χ2n) is 5.79. The lowest BCUT2D eigenvalue weighted by atomic mass is 10.1. The quantitative estimate of drug-likeness (QED) is 0.784. The first-order valence-corrected chi connectivity index (χ1v) is 9.30. The molecule has 1 aromatic heterocycles. The summed E-state index contributed by atoms with van der Waals surface area (Å²) in [7, 11) is -1.80. The van der Waals surface area contributed by atoms with Gasteiger partial charge in [0.15, 0.2) is 0 Å². The monoisotopic (exact) mass is 343 g/mol. The fourth-order valence-electron chi connectivity index (χ4n) is 3.05. The van der Waals surface area contributed by atoms with Crippen LogP contribution in [0, 0.1) is 13.8 Å². The fraction of sp³-hybridized carbons (Fsp3) is 0.667. The molecule has 1 aliphatic heterocycles. The summed E-state index contributed by atoms with van der Waals surface area (Å²) in [5.41, 5.74) is 1.11. The molecule has 1 aliphatic rings. The first-order chi connectivity index (χ1) is 10.8. The van der Waals surface area contributed by atoms with Gasteiger partial charge in [-0.15, -0.1) is 0 Å². The molecule has 2 rings (SSSR count). The molecule has 0 spiro atoms. The smallest absolute Gasteiger partial charge is 0.355 e. The zero-order valence-electron chi connectivity index (χ0n) is 14.1. The van der Waals surface area contributed by atoms with Crippen molar-refractivity contribution in [3.8, 4) is 0 Å². The van der Waals surface area contributed by atoms with Crippen molar-refractivity contribution < 1.29 is 17.9 Å². The first-order valence-electron chi connectivity index (χ1n) is 7.86. The van der Waals surface area contributed by atoms with Crippen LogP contribution in [0.1, 0.15) is 41.5 Å². The number of rotatable bonds is 5. The van der Waals surface area contributed by atoms with Gasteiger partial charge in [0, 0.05) is 30.4 Å². The zero-order chi connectivity index (χ0) is 17.2. The highest BCUT2D eigenvalue weighted by Gasteiger charge is 2.34. The molecule has 7 nitrogen and oxygen atoms in total. The lowest BCUT2D eigenvalue weighted by Crippen LogP contribution is -2.47. The number of carbonyl (C=O) groups excluding carboxylic acids is 1. The third kappa shape index (κ3) is 3.44. The number of nitrogens with one attached hydrogen (secondary N) is 2. The van der Waals surface area contributed by atoms with Gasteiger partial charge in [-0.2, -0.15) is 4.31 Å². The van der Waals surface area contributed by atoms with Crippen LogP contribution in [0.4, 0.5) is 0 Å². The minimum absolute atomic E-state index is 0.155. The van der Waals surface area contributed by atoms with Crippen LogP contribution in [0.25, 0.3) is 0 Å². The van der Waals surface area contributed by atoms with Crippen LogP contribution >= 0.6 is 0 Å². The number of hydrogen-bond donors (Lipinski definition) is 2. The normalized spacial score (nSPS) is 19.7. The van der Waals surface area contributed by atoms with Crippen LogP contribution in [0.15, 0.2) is 4.90 Å². The van der Waals surface area contributed by atoms with Gasteiger partial charge in [-0.1, -0.05) is 0 Å². The number of likely N-dealkylation sites (N-methyl/N-ethyl adjacent to an activating group) is 1. The van der Waals surface area contributed by atoms with Gasteiger partial charge in [0.1, 0.15) is 10.6 Å².